The number of hydrogen-bond donors (Lipinski definition) is 1. The summed E-state index contributed by atoms with van der Waals surface area (Å²) in [4.78, 5) is 0. The van der Waals surface area contributed by atoms with Crippen molar-refractivity contribution in [2.24, 2.45) is 5.92 Å². The van der Waals surface area contributed by atoms with Gasteiger partial charge in [-0.05, 0) is 31.7 Å². The molecule has 3 nitrogen and oxygen atoms in total. The van der Waals surface area contributed by atoms with Crippen molar-refractivity contribution in [1.82, 2.24) is 5.32 Å². The maximum absolute atomic E-state index is 11.5. The predicted octanol–water partition coefficient (Wildman–Crippen LogP) is 1.59. The van der Waals surface area contributed by atoms with Gasteiger partial charge in [-0.3, -0.25) is 0 Å². The Kier molecular flexibility index (Phi) is 4.59. The van der Waals surface area contributed by atoms with E-state index in [-0.39, 0.29) is 11.3 Å². The van der Waals surface area contributed by atoms with E-state index >= 15 is 0 Å². The summed E-state index contributed by atoms with van der Waals surface area (Å²) >= 11 is 0. The van der Waals surface area contributed by atoms with Gasteiger partial charge in [0.15, 0.2) is 9.84 Å². The Morgan fingerprint density at radius 1 is 1.33 bits per heavy atom. The van der Waals surface area contributed by atoms with Crippen molar-refractivity contribution in [2.75, 3.05) is 12.8 Å². The Bertz CT molecular complexity index is 285. The molecule has 1 N–H and O–H groups in total. The van der Waals surface area contributed by atoms with Gasteiger partial charge < -0.3 is 5.32 Å². The quantitative estimate of drug-likeness (QED) is 0.784. The maximum atomic E-state index is 11.5. The molecule has 0 bridgehead atoms. The fourth-order valence-electron chi connectivity index (χ4n) is 2.23. The van der Waals surface area contributed by atoms with Crippen molar-refractivity contribution in [3.63, 3.8) is 0 Å². The van der Waals surface area contributed by atoms with E-state index < -0.39 is 9.84 Å². The second kappa shape index (κ2) is 5.30. The zero-order valence-corrected chi connectivity index (χ0v) is 10.8. The molecule has 0 aliphatic heterocycles. The van der Waals surface area contributed by atoms with Gasteiger partial charge in [0.2, 0.25) is 0 Å². The smallest absolute Gasteiger partial charge is 0.151 e. The van der Waals surface area contributed by atoms with E-state index in [2.05, 4.69) is 19.2 Å². The SMILES string of the molecule is CC(C)CCNC1CCCC1S(C)(=O)=O. The van der Waals surface area contributed by atoms with E-state index in [1.807, 2.05) is 0 Å². The van der Waals surface area contributed by atoms with E-state index in [1.54, 1.807) is 0 Å². The largest absolute Gasteiger partial charge is 0.313 e. The number of sulfone groups is 1. The number of nitrogens with one attached hydrogen (secondary N) is 1. The molecule has 0 heterocycles. The normalized spacial score (nSPS) is 27.5. The molecule has 0 radical (unpaired) electrons. The van der Waals surface area contributed by atoms with Crippen LogP contribution in [0.5, 0.6) is 0 Å². The molecule has 2 atom stereocenters. The highest BCUT2D eigenvalue weighted by molar-refractivity contribution is 7.91. The summed E-state index contributed by atoms with van der Waals surface area (Å²) < 4.78 is 23.0. The summed E-state index contributed by atoms with van der Waals surface area (Å²) in [6.07, 6.45) is 5.36. The minimum absolute atomic E-state index is 0.148. The van der Waals surface area contributed by atoms with Gasteiger partial charge in [0.25, 0.3) is 0 Å². The fourth-order valence-corrected chi connectivity index (χ4v) is 3.65. The summed E-state index contributed by atoms with van der Waals surface area (Å²) in [6.45, 7) is 5.31. The highest BCUT2D eigenvalue weighted by Crippen LogP contribution is 2.25. The molecule has 1 fully saturated rings. The Hall–Kier alpha value is -0.0900. The minimum atomic E-state index is -2.86. The van der Waals surface area contributed by atoms with E-state index in [1.165, 1.54) is 6.26 Å². The lowest BCUT2D eigenvalue weighted by Gasteiger charge is -2.20. The van der Waals surface area contributed by atoms with Crippen LogP contribution in [-0.4, -0.2) is 32.5 Å². The molecule has 15 heavy (non-hydrogen) atoms. The molecule has 1 saturated carbocycles. The lowest BCUT2D eigenvalue weighted by atomic mass is 10.1. The predicted molar refractivity (Wildman–Crippen MR) is 63.7 cm³/mol. The highest BCUT2D eigenvalue weighted by atomic mass is 32.2. The van der Waals surface area contributed by atoms with Crippen LogP contribution in [0.1, 0.15) is 39.5 Å². The van der Waals surface area contributed by atoms with Crippen molar-refractivity contribution in [1.29, 1.82) is 0 Å². The van der Waals surface area contributed by atoms with Crippen molar-refractivity contribution < 1.29 is 8.42 Å². The second-order valence-electron chi connectivity index (χ2n) is 5.04. The fraction of sp³-hybridized carbons (Fsp3) is 1.00. The van der Waals surface area contributed by atoms with Gasteiger partial charge in [-0.15, -0.1) is 0 Å². The summed E-state index contributed by atoms with van der Waals surface area (Å²) in [5.41, 5.74) is 0. The van der Waals surface area contributed by atoms with E-state index in [9.17, 15) is 8.42 Å². The first kappa shape index (κ1) is 13.0. The topological polar surface area (TPSA) is 46.2 Å². The Morgan fingerprint density at radius 2 is 2.00 bits per heavy atom. The average molecular weight is 233 g/mol. The van der Waals surface area contributed by atoms with E-state index in [0.29, 0.717) is 5.92 Å². The Labute approximate surface area is 93.6 Å². The molecule has 0 amide bonds. The average Bonchev–Trinajstić information content (AvgIpc) is 2.50. The highest BCUT2D eigenvalue weighted by Gasteiger charge is 2.34. The van der Waals surface area contributed by atoms with Crippen LogP contribution in [0.4, 0.5) is 0 Å². The summed E-state index contributed by atoms with van der Waals surface area (Å²) in [5, 5.41) is 3.24. The number of rotatable bonds is 5. The summed E-state index contributed by atoms with van der Waals surface area (Å²) in [5.74, 6) is 0.676. The van der Waals surface area contributed by atoms with Gasteiger partial charge in [0.1, 0.15) is 0 Å². The van der Waals surface area contributed by atoms with Gasteiger partial charge in [-0.1, -0.05) is 20.3 Å². The third-order valence-corrected chi connectivity index (χ3v) is 4.79. The van der Waals surface area contributed by atoms with Crippen LogP contribution in [0.3, 0.4) is 0 Å². The number of hydrogen-bond acceptors (Lipinski definition) is 3. The van der Waals surface area contributed by atoms with Gasteiger partial charge in [0.05, 0.1) is 5.25 Å². The molecule has 0 saturated heterocycles. The lowest BCUT2D eigenvalue weighted by Crippen LogP contribution is -2.40. The Morgan fingerprint density at radius 3 is 2.53 bits per heavy atom. The molecular formula is C11H23NO2S. The Balaban J connectivity index is 2.41. The van der Waals surface area contributed by atoms with Crippen LogP contribution in [-0.2, 0) is 9.84 Å². The molecular weight excluding hydrogens is 210 g/mol. The van der Waals surface area contributed by atoms with Gasteiger partial charge in [0, 0.05) is 12.3 Å². The van der Waals surface area contributed by atoms with Gasteiger partial charge in [-0.2, -0.15) is 0 Å². The molecule has 4 heteroatoms. The molecule has 2 unspecified atom stereocenters. The first-order valence-corrected chi connectivity index (χ1v) is 7.79. The van der Waals surface area contributed by atoms with E-state index in [0.717, 1.165) is 32.2 Å². The van der Waals surface area contributed by atoms with Crippen molar-refractivity contribution in [3.8, 4) is 0 Å². The lowest BCUT2D eigenvalue weighted by molar-refractivity contribution is 0.468. The standard InChI is InChI=1S/C11H23NO2S/c1-9(2)7-8-12-10-5-4-6-11(10)15(3,13)14/h9-12H,4-8H2,1-3H3. The van der Waals surface area contributed by atoms with Crippen molar-refractivity contribution in [3.05, 3.63) is 0 Å². The van der Waals surface area contributed by atoms with Gasteiger partial charge >= 0.3 is 0 Å². The molecule has 0 aromatic rings. The van der Waals surface area contributed by atoms with Crippen LogP contribution in [0.15, 0.2) is 0 Å². The third-order valence-electron chi connectivity index (χ3n) is 3.13. The summed E-state index contributed by atoms with van der Waals surface area (Å²) in [7, 11) is -2.86. The molecule has 1 rings (SSSR count). The molecule has 0 aromatic carbocycles. The summed E-state index contributed by atoms with van der Waals surface area (Å²) in [6, 6.07) is 0.193. The van der Waals surface area contributed by atoms with Crippen LogP contribution in [0.25, 0.3) is 0 Å². The maximum Gasteiger partial charge on any atom is 0.151 e. The van der Waals surface area contributed by atoms with Crippen molar-refractivity contribution in [2.45, 2.75) is 50.8 Å². The zero-order chi connectivity index (χ0) is 11.5. The van der Waals surface area contributed by atoms with E-state index in [4.69, 9.17) is 0 Å². The first-order valence-electron chi connectivity index (χ1n) is 5.83. The second-order valence-corrected chi connectivity index (χ2v) is 7.31. The minimum Gasteiger partial charge on any atom is -0.313 e. The molecule has 0 aromatic heterocycles. The molecule has 1 aliphatic carbocycles. The van der Waals surface area contributed by atoms with Crippen LogP contribution in [0, 0.1) is 5.92 Å². The zero-order valence-electron chi connectivity index (χ0n) is 9.99. The molecule has 90 valence electrons. The molecule has 0 spiro atoms. The third kappa shape index (κ3) is 4.11. The monoisotopic (exact) mass is 233 g/mol. The van der Waals surface area contributed by atoms with Gasteiger partial charge in [-0.25, -0.2) is 8.42 Å². The van der Waals surface area contributed by atoms with Crippen LogP contribution >= 0.6 is 0 Å². The van der Waals surface area contributed by atoms with Crippen LogP contribution in [0.2, 0.25) is 0 Å². The van der Waals surface area contributed by atoms with Crippen molar-refractivity contribution >= 4 is 9.84 Å². The molecule has 1 aliphatic rings. The first-order chi connectivity index (χ1) is 6.91. The van der Waals surface area contributed by atoms with Crippen LogP contribution < -0.4 is 5.32 Å².